The van der Waals surface area contributed by atoms with Crippen molar-refractivity contribution in [2.24, 2.45) is 0 Å². The van der Waals surface area contributed by atoms with E-state index in [4.69, 9.17) is 4.74 Å². The topological polar surface area (TPSA) is 67.4 Å². The van der Waals surface area contributed by atoms with Gasteiger partial charge in [0, 0.05) is 40.6 Å². The highest BCUT2D eigenvalue weighted by Crippen LogP contribution is 2.43. The molecule has 5 nitrogen and oxygen atoms in total. The summed E-state index contributed by atoms with van der Waals surface area (Å²) in [5.41, 5.74) is 1.71. The van der Waals surface area contributed by atoms with E-state index in [-0.39, 0.29) is 16.9 Å². The minimum absolute atomic E-state index is 0.159. The SMILES string of the molecule is COc1ccc(NC(=O)C2=C(C)NC3=C(C(=O)CCC3)C2c2cccc(C(F)(F)F)c2)cc1. The van der Waals surface area contributed by atoms with Crippen LogP contribution >= 0.6 is 0 Å². The number of anilines is 1. The van der Waals surface area contributed by atoms with E-state index in [1.807, 2.05) is 0 Å². The van der Waals surface area contributed by atoms with E-state index < -0.39 is 23.6 Å². The number of amides is 1. The first kappa shape index (κ1) is 22.6. The number of benzene rings is 2. The lowest BCUT2D eigenvalue weighted by atomic mass is 9.74. The summed E-state index contributed by atoms with van der Waals surface area (Å²) in [6, 6.07) is 11.6. The molecule has 0 saturated carbocycles. The first-order valence-corrected chi connectivity index (χ1v) is 10.6. The van der Waals surface area contributed by atoms with Gasteiger partial charge in [0.15, 0.2) is 5.78 Å². The Morgan fingerprint density at radius 2 is 1.85 bits per heavy atom. The summed E-state index contributed by atoms with van der Waals surface area (Å²) in [6.07, 6.45) is -2.99. The predicted octanol–water partition coefficient (Wildman–Crippen LogP) is 5.32. The van der Waals surface area contributed by atoms with Crippen LogP contribution in [0.1, 0.15) is 43.2 Å². The quantitative estimate of drug-likeness (QED) is 0.654. The highest BCUT2D eigenvalue weighted by molar-refractivity contribution is 6.09. The minimum atomic E-state index is -4.54. The number of Topliss-reactive ketones (excluding diaryl/α,β-unsaturated/α-hetero) is 1. The van der Waals surface area contributed by atoms with Crippen molar-refractivity contribution in [2.45, 2.75) is 38.3 Å². The summed E-state index contributed by atoms with van der Waals surface area (Å²) in [4.78, 5) is 26.3. The van der Waals surface area contributed by atoms with Crippen LogP contribution in [-0.4, -0.2) is 18.8 Å². The Hall–Kier alpha value is -3.55. The molecule has 1 unspecified atom stereocenters. The van der Waals surface area contributed by atoms with E-state index in [1.165, 1.54) is 19.2 Å². The molecule has 0 spiro atoms. The Kier molecular flexibility index (Phi) is 6.01. The molecular weight excluding hydrogens is 433 g/mol. The van der Waals surface area contributed by atoms with Gasteiger partial charge >= 0.3 is 6.18 Å². The smallest absolute Gasteiger partial charge is 0.416 e. The Bertz CT molecular complexity index is 1160. The molecule has 2 aromatic rings. The number of ketones is 1. The molecule has 172 valence electrons. The average Bonchev–Trinajstić information content (AvgIpc) is 2.78. The molecule has 0 aromatic heterocycles. The maximum atomic E-state index is 13.4. The second-order valence-corrected chi connectivity index (χ2v) is 8.07. The number of hydrogen-bond acceptors (Lipinski definition) is 4. The molecule has 2 aromatic carbocycles. The van der Waals surface area contributed by atoms with E-state index in [0.717, 1.165) is 12.1 Å². The zero-order chi connectivity index (χ0) is 23.8. The Labute approximate surface area is 189 Å². The summed E-state index contributed by atoms with van der Waals surface area (Å²) in [5, 5.41) is 5.96. The summed E-state index contributed by atoms with van der Waals surface area (Å²) in [7, 11) is 1.53. The van der Waals surface area contributed by atoms with Crippen LogP contribution in [0.4, 0.5) is 18.9 Å². The first-order valence-electron chi connectivity index (χ1n) is 10.6. The maximum Gasteiger partial charge on any atom is 0.416 e. The van der Waals surface area contributed by atoms with Crippen LogP contribution in [0, 0.1) is 0 Å². The number of ether oxygens (including phenoxy) is 1. The van der Waals surface area contributed by atoms with Gasteiger partial charge in [-0.2, -0.15) is 13.2 Å². The van der Waals surface area contributed by atoms with Crippen LogP contribution in [0.2, 0.25) is 0 Å². The molecule has 1 amide bonds. The molecule has 0 bridgehead atoms. The number of methoxy groups -OCH3 is 1. The van der Waals surface area contributed by atoms with Crippen LogP contribution in [0.5, 0.6) is 5.75 Å². The van der Waals surface area contributed by atoms with Gasteiger partial charge in [0.05, 0.1) is 12.7 Å². The first-order chi connectivity index (χ1) is 15.7. The molecule has 0 saturated heterocycles. The van der Waals surface area contributed by atoms with Gasteiger partial charge in [-0.25, -0.2) is 0 Å². The van der Waals surface area contributed by atoms with Gasteiger partial charge < -0.3 is 15.4 Å². The van der Waals surface area contributed by atoms with Gasteiger partial charge in [0.1, 0.15) is 5.75 Å². The fraction of sp³-hybridized carbons (Fsp3) is 0.280. The van der Waals surface area contributed by atoms with Crippen molar-refractivity contribution in [1.82, 2.24) is 5.32 Å². The summed E-state index contributed by atoms with van der Waals surface area (Å²) >= 11 is 0. The van der Waals surface area contributed by atoms with Crippen molar-refractivity contribution in [1.29, 1.82) is 0 Å². The van der Waals surface area contributed by atoms with E-state index in [1.54, 1.807) is 31.2 Å². The Balaban J connectivity index is 1.78. The minimum Gasteiger partial charge on any atom is -0.497 e. The van der Waals surface area contributed by atoms with Crippen molar-refractivity contribution >= 4 is 17.4 Å². The van der Waals surface area contributed by atoms with Crippen LogP contribution in [0.3, 0.4) is 0 Å². The number of alkyl halides is 3. The zero-order valence-electron chi connectivity index (χ0n) is 18.2. The number of nitrogens with one attached hydrogen (secondary N) is 2. The zero-order valence-corrected chi connectivity index (χ0v) is 18.2. The average molecular weight is 456 g/mol. The number of rotatable bonds is 4. The monoisotopic (exact) mass is 456 g/mol. The third kappa shape index (κ3) is 4.51. The van der Waals surface area contributed by atoms with Crippen molar-refractivity contribution in [3.05, 3.63) is 82.2 Å². The Morgan fingerprint density at radius 3 is 2.52 bits per heavy atom. The molecule has 1 heterocycles. The van der Waals surface area contributed by atoms with Gasteiger partial charge in [-0.3, -0.25) is 9.59 Å². The highest BCUT2D eigenvalue weighted by Gasteiger charge is 2.39. The second-order valence-electron chi connectivity index (χ2n) is 8.07. The number of carbonyl (C=O) groups is 2. The van der Waals surface area contributed by atoms with Crippen LogP contribution < -0.4 is 15.4 Å². The summed E-state index contributed by atoms with van der Waals surface area (Å²) in [6.45, 7) is 1.70. The molecule has 1 aliphatic carbocycles. The second kappa shape index (κ2) is 8.77. The normalized spacial score (nSPS) is 18.6. The van der Waals surface area contributed by atoms with Gasteiger partial charge in [-0.15, -0.1) is 0 Å². The molecule has 1 aliphatic heterocycles. The van der Waals surface area contributed by atoms with Gasteiger partial charge in [-0.1, -0.05) is 18.2 Å². The molecule has 1 atom stereocenters. The molecule has 2 N–H and O–H groups in total. The fourth-order valence-electron chi connectivity index (χ4n) is 4.38. The maximum absolute atomic E-state index is 13.4. The number of allylic oxidation sites excluding steroid dienone is 3. The van der Waals surface area contributed by atoms with Gasteiger partial charge in [0.25, 0.3) is 5.91 Å². The standard InChI is InChI=1S/C25H23F3N2O3/c1-14-21(24(32)30-17-9-11-18(33-2)12-10-17)22(23-19(29-14)7-4-8-20(23)31)15-5-3-6-16(13-15)25(26,27)28/h3,5-6,9-13,22,29H,4,7-8H2,1-2H3,(H,30,32). The highest BCUT2D eigenvalue weighted by atomic mass is 19.4. The van der Waals surface area contributed by atoms with Crippen molar-refractivity contribution in [3.63, 3.8) is 0 Å². The van der Waals surface area contributed by atoms with E-state index in [9.17, 15) is 22.8 Å². The third-order valence-electron chi connectivity index (χ3n) is 5.92. The van der Waals surface area contributed by atoms with E-state index >= 15 is 0 Å². The summed E-state index contributed by atoms with van der Waals surface area (Å²) in [5.74, 6) is -0.923. The van der Waals surface area contributed by atoms with Crippen molar-refractivity contribution < 1.29 is 27.5 Å². The number of hydrogen-bond donors (Lipinski definition) is 2. The van der Waals surface area contributed by atoms with Gasteiger partial charge in [0.2, 0.25) is 0 Å². The number of carbonyl (C=O) groups excluding carboxylic acids is 2. The molecule has 0 fully saturated rings. The lowest BCUT2D eigenvalue weighted by Gasteiger charge is -2.34. The fourth-order valence-corrected chi connectivity index (χ4v) is 4.38. The predicted molar refractivity (Wildman–Crippen MR) is 118 cm³/mol. The number of dihydropyridines is 1. The molecule has 4 rings (SSSR count). The van der Waals surface area contributed by atoms with E-state index in [0.29, 0.717) is 47.7 Å². The van der Waals surface area contributed by atoms with Crippen LogP contribution in [0.15, 0.2) is 71.1 Å². The Morgan fingerprint density at radius 1 is 1.12 bits per heavy atom. The molecular formula is C25H23F3N2O3. The summed E-state index contributed by atoms with van der Waals surface area (Å²) < 4.78 is 45.4. The largest absolute Gasteiger partial charge is 0.497 e. The molecule has 8 heteroatoms. The van der Waals surface area contributed by atoms with Crippen molar-refractivity contribution in [3.8, 4) is 5.75 Å². The molecule has 33 heavy (non-hydrogen) atoms. The van der Waals surface area contributed by atoms with Crippen molar-refractivity contribution in [2.75, 3.05) is 12.4 Å². The molecule has 0 radical (unpaired) electrons. The van der Waals surface area contributed by atoms with E-state index in [2.05, 4.69) is 10.6 Å². The lowest BCUT2D eigenvalue weighted by Crippen LogP contribution is -2.35. The van der Waals surface area contributed by atoms with Crippen LogP contribution in [0.25, 0.3) is 0 Å². The van der Waals surface area contributed by atoms with Gasteiger partial charge in [-0.05, 0) is 55.7 Å². The molecule has 2 aliphatic rings. The third-order valence-corrected chi connectivity index (χ3v) is 5.92. The van der Waals surface area contributed by atoms with Crippen LogP contribution in [-0.2, 0) is 15.8 Å². The lowest BCUT2D eigenvalue weighted by molar-refractivity contribution is -0.137. The number of halogens is 3.